The molecule has 0 spiro atoms. The molecule has 6 rings (SSSR count). The number of benzene rings is 2. The van der Waals surface area contributed by atoms with E-state index in [1.54, 1.807) is 29.1 Å². The van der Waals surface area contributed by atoms with Gasteiger partial charge < -0.3 is 28.6 Å². The van der Waals surface area contributed by atoms with E-state index in [0.717, 1.165) is 5.52 Å². The molecule has 0 aliphatic carbocycles. The molecule has 0 saturated carbocycles. The van der Waals surface area contributed by atoms with Crippen molar-refractivity contribution >= 4 is 50.5 Å². The number of nitrogens with one attached hydrogen (secondary N) is 2. The van der Waals surface area contributed by atoms with Crippen LogP contribution in [0, 0.1) is 5.82 Å². The Balaban J connectivity index is 1.67. The summed E-state index contributed by atoms with van der Waals surface area (Å²) in [6.45, 7) is 0.689. The zero-order chi connectivity index (χ0) is 27.3. The smallest absolute Gasteiger partial charge is 0.355 e. The number of hydrogen-bond donors (Lipinski definition) is 2. The number of pyridine rings is 1. The summed E-state index contributed by atoms with van der Waals surface area (Å²) in [6.07, 6.45) is 4.44. The van der Waals surface area contributed by atoms with Crippen molar-refractivity contribution in [3.05, 3.63) is 87.6 Å². The molecular weight excluding hydrogens is 525 g/mol. The molecule has 2 N–H and O–H groups in total. The van der Waals surface area contributed by atoms with Gasteiger partial charge in [-0.05, 0) is 56.1 Å². The summed E-state index contributed by atoms with van der Waals surface area (Å²) in [4.78, 5) is 38.7. The Labute approximate surface area is 225 Å². The summed E-state index contributed by atoms with van der Waals surface area (Å²) in [5.41, 5.74) is 2.85. The first-order chi connectivity index (χ1) is 18.8. The van der Waals surface area contributed by atoms with E-state index in [-0.39, 0.29) is 35.4 Å². The lowest BCUT2D eigenvalue weighted by molar-refractivity contribution is 0.0471. The fourth-order valence-corrected chi connectivity index (χ4v) is 5.06. The number of aromatic amines is 2. The van der Waals surface area contributed by atoms with Gasteiger partial charge in [0.2, 0.25) is 0 Å². The molecule has 4 heterocycles. The van der Waals surface area contributed by atoms with Gasteiger partial charge in [0.25, 0.3) is 5.56 Å². The Morgan fingerprint density at radius 3 is 2.87 bits per heavy atom. The highest BCUT2D eigenvalue weighted by atomic mass is 35.5. The van der Waals surface area contributed by atoms with Gasteiger partial charge in [0.1, 0.15) is 23.7 Å². The third kappa shape index (κ3) is 4.27. The molecule has 0 saturated heterocycles. The molecule has 198 valence electrons. The van der Waals surface area contributed by atoms with Gasteiger partial charge in [0.15, 0.2) is 0 Å². The van der Waals surface area contributed by atoms with E-state index in [4.69, 9.17) is 20.8 Å². The van der Waals surface area contributed by atoms with Crippen LogP contribution >= 0.6 is 11.6 Å². The first kappa shape index (κ1) is 24.9. The van der Waals surface area contributed by atoms with Crippen molar-refractivity contribution < 1.29 is 18.3 Å². The van der Waals surface area contributed by atoms with E-state index >= 15 is 4.39 Å². The van der Waals surface area contributed by atoms with Crippen molar-refractivity contribution in [2.45, 2.75) is 6.54 Å². The second-order valence-corrected chi connectivity index (χ2v) is 9.85. The van der Waals surface area contributed by atoms with Crippen LogP contribution < -0.4 is 5.56 Å². The van der Waals surface area contributed by atoms with Crippen molar-refractivity contribution in [3.63, 3.8) is 0 Å². The van der Waals surface area contributed by atoms with Crippen LogP contribution in [-0.4, -0.2) is 57.6 Å². The molecule has 0 unspecified atom stereocenters. The van der Waals surface area contributed by atoms with Crippen LogP contribution in [0.15, 0.2) is 64.4 Å². The highest BCUT2D eigenvalue weighted by Crippen LogP contribution is 2.41. The van der Waals surface area contributed by atoms with Crippen molar-refractivity contribution in [2.75, 3.05) is 27.2 Å². The van der Waals surface area contributed by atoms with E-state index in [1.807, 2.05) is 25.1 Å². The van der Waals surface area contributed by atoms with Gasteiger partial charge in [0, 0.05) is 29.9 Å². The number of H-pyrrole nitrogens is 2. The molecule has 2 aromatic carbocycles. The number of ether oxygens (including phenoxy) is 1. The average Bonchev–Trinajstić information content (AvgIpc) is 3.62. The fraction of sp³-hybridized carbons (Fsp3) is 0.179. The number of imidazole rings is 1. The van der Waals surface area contributed by atoms with E-state index in [1.165, 1.54) is 24.6 Å². The van der Waals surface area contributed by atoms with Crippen LogP contribution in [0.3, 0.4) is 0 Å². The van der Waals surface area contributed by atoms with Crippen LogP contribution in [0.2, 0.25) is 5.02 Å². The quantitative estimate of drug-likeness (QED) is 0.267. The van der Waals surface area contributed by atoms with Crippen LogP contribution in [-0.2, 0) is 11.3 Å². The number of hydrogen-bond acceptors (Lipinski definition) is 6. The van der Waals surface area contributed by atoms with Gasteiger partial charge in [-0.1, -0.05) is 11.6 Å². The van der Waals surface area contributed by atoms with Crippen LogP contribution in [0.25, 0.3) is 44.0 Å². The number of nitrogens with zero attached hydrogens (tertiary/aromatic N) is 3. The summed E-state index contributed by atoms with van der Waals surface area (Å²) in [5.74, 6) is -1.19. The monoisotopic (exact) mass is 547 g/mol. The maximum absolute atomic E-state index is 15.3. The zero-order valence-electron chi connectivity index (χ0n) is 21.0. The lowest BCUT2D eigenvalue weighted by atomic mass is 10.0. The molecule has 0 aliphatic heterocycles. The summed E-state index contributed by atoms with van der Waals surface area (Å²) >= 11 is 6.63. The number of esters is 1. The van der Waals surface area contributed by atoms with Gasteiger partial charge in [0.05, 0.1) is 45.5 Å². The summed E-state index contributed by atoms with van der Waals surface area (Å²) in [7, 11) is 3.73. The largest absolute Gasteiger partial charge is 0.463 e. The molecule has 0 aliphatic rings. The molecule has 0 radical (unpaired) electrons. The summed E-state index contributed by atoms with van der Waals surface area (Å²) in [5, 5.41) is 1.08. The third-order valence-electron chi connectivity index (χ3n) is 6.69. The molecule has 0 bridgehead atoms. The van der Waals surface area contributed by atoms with Gasteiger partial charge in [-0.25, -0.2) is 14.2 Å². The van der Waals surface area contributed by atoms with E-state index in [0.29, 0.717) is 39.1 Å². The Morgan fingerprint density at radius 1 is 1.23 bits per heavy atom. The Kier molecular flexibility index (Phi) is 6.20. The van der Waals surface area contributed by atoms with Crippen molar-refractivity contribution in [1.82, 2.24) is 24.4 Å². The fourth-order valence-electron chi connectivity index (χ4n) is 4.84. The van der Waals surface area contributed by atoms with E-state index in [2.05, 4.69) is 15.0 Å². The van der Waals surface area contributed by atoms with Crippen LogP contribution in [0.5, 0.6) is 0 Å². The molecule has 0 fully saturated rings. The molecular formula is C28H23ClFN5O4. The maximum Gasteiger partial charge on any atom is 0.355 e. The normalized spacial score (nSPS) is 11.8. The van der Waals surface area contributed by atoms with Gasteiger partial charge in [-0.15, -0.1) is 0 Å². The van der Waals surface area contributed by atoms with Gasteiger partial charge >= 0.3 is 5.97 Å². The standard InChI is InChI=1S/C28H23ClFN5O4/c1-34(2)7-9-39-28(37)25-23(17-4-3-6-31-27(17)36)24-22(12-19(30)16-5-8-38-26(16)24)35(25)13-15-10-20-21(11-18(15)29)33-14-32-20/h3-6,8,10-12,14H,7,9,13H2,1-2H3,(H,31,36)(H,32,33). The Hall–Kier alpha value is -4.41. The summed E-state index contributed by atoms with van der Waals surface area (Å²) < 4.78 is 28.4. The number of carbonyl (C=O) groups is 1. The molecule has 39 heavy (non-hydrogen) atoms. The highest BCUT2D eigenvalue weighted by Gasteiger charge is 2.30. The van der Waals surface area contributed by atoms with Crippen LogP contribution in [0.1, 0.15) is 16.1 Å². The van der Waals surface area contributed by atoms with Gasteiger partial charge in [-0.2, -0.15) is 0 Å². The molecule has 9 nitrogen and oxygen atoms in total. The summed E-state index contributed by atoms with van der Waals surface area (Å²) in [6, 6.07) is 9.67. The molecule has 11 heteroatoms. The predicted octanol–water partition coefficient (Wildman–Crippen LogP) is 5.18. The van der Waals surface area contributed by atoms with Gasteiger partial charge in [-0.3, -0.25) is 4.79 Å². The predicted molar refractivity (Wildman–Crippen MR) is 147 cm³/mol. The molecule has 4 aromatic heterocycles. The number of likely N-dealkylation sites (N-methyl/N-ethyl adjacent to an activating group) is 1. The molecule has 0 atom stereocenters. The minimum Gasteiger partial charge on any atom is -0.463 e. The number of carbonyl (C=O) groups excluding carboxylic acids is 1. The number of furan rings is 1. The Morgan fingerprint density at radius 2 is 2.08 bits per heavy atom. The number of aromatic nitrogens is 4. The lowest BCUT2D eigenvalue weighted by Gasteiger charge is -2.14. The second-order valence-electron chi connectivity index (χ2n) is 9.44. The maximum atomic E-state index is 15.3. The van der Waals surface area contributed by atoms with Crippen molar-refractivity contribution in [1.29, 1.82) is 0 Å². The van der Waals surface area contributed by atoms with E-state index < -0.39 is 17.3 Å². The SMILES string of the molecule is CN(C)CCOC(=O)c1c(-c2ccc[nH]c2=O)c2c3occc3c(F)cc2n1Cc1cc2[nH]cnc2cc1Cl. The minimum absolute atomic E-state index is 0.0821. The molecule has 0 amide bonds. The highest BCUT2D eigenvalue weighted by molar-refractivity contribution is 6.32. The first-order valence-corrected chi connectivity index (χ1v) is 12.5. The molecule has 6 aromatic rings. The first-order valence-electron chi connectivity index (χ1n) is 12.2. The minimum atomic E-state index is -0.662. The number of rotatable bonds is 7. The lowest BCUT2D eigenvalue weighted by Crippen LogP contribution is -2.22. The second kappa shape index (κ2) is 9.72. The third-order valence-corrected chi connectivity index (χ3v) is 7.04. The van der Waals surface area contributed by atoms with Crippen LogP contribution in [0.4, 0.5) is 4.39 Å². The number of halogens is 2. The average molecular weight is 548 g/mol. The topological polar surface area (TPSA) is 109 Å². The zero-order valence-corrected chi connectivity index (χ0v) is 21.8. The van der Waals surface area contributed by atoms with Crippen molar-refractivity contribution in [2.24, 2.45) is 0 Å². The van der Waals surface area contributed by atoms with E-state index in [9.17, 15) is 9.59 Å². The Bertz CT molecular complexity index is 1930. The number of fused-ring (bicyclic) bond motifs is 4. The van der Waals surface area contributed by atoms with Crippen molar-refractivity contribution in [3.8, 4) is 11.1 Å².